The second kappa shape index (κ2) is 5.38. The molecule has 90 valence electrons. The Hall–Kier alpha value is -1.57. The van der Waals surface area contributed by atoms with E-state index < -0.39 is 11.6 Å². The fourth-order valence-corrected chi connectivity index (χ4v) is 2.46. The zero-order valence-corrected chi connectivity index (χ0v) is 10.5. The van der Waals surface area contributed by atoms with E-state index in [1.807, 2.05) is 6.07 Å². The van der Waals surface area contributed by atoms with Crippen LogP contribution in [0.3, 0.4) is 0 Å². The van der Waals surface area contributed by atoms with Crippen molar-refractivity contribution in [3.63, 3.8) is 0 Å². The normalized spacial score (nSPS) is 10.1. The van der Waals surface area contributed by atoms with Crippen LogP contribution in [0.15, 0.2) is 46.2 Å². The minimum Gasteiger partial charge on any atom is -0.204 e. The number of hydrogen-bond acceptors (Lipinski definition) is 2. The molecule has 2 aromatic carbocycles. The van der Waals surface area contributed by atoms with Crippen LogP contribution in [-0.2, 0) is 0 Å². The van der Waals surface area contributed by atoms with Crippen LogP contribution in [0, 0.1) is 23.0 Å². The molecule has 0 saturated carbocycles. The monoisotopic (exact) mass is 281 g/mol. The molecule has 0 fully saturated rings. The quantitative estimate of drug-likeness (QED) is 0.800. The molecule has 5 heteroatoms. The Kier molecular flexibility index (Phi) is 3.85. The first-order chi connectivity index (χ1) is 8.60. The van der Waals surface area contributed by atoms with Crippen LogP contribution in [-0.4, -0.2) is 0 Å². The van der Waals surface area contributed by atoms with E-state index in [9.17, 15) is 8.78 Å². The molecule has 2 rings (SSSR count). The summed E-state index contributed by atoms with van der Waals surface area (Å²) in [4.78, 5) is 1.22. The minimum absolute atomic E-state index is 0.406. The van der Waals surface area contributed by atoms with Gasteiger partial charge in [0.1, 0.15) is 0 Å². The van der Waals surface area contributed by atoms with Crippen LogP contribution < -0.4 is 0 Å². The Bertz CT molecular complexity index is 637. The van der Waals surface area contributed by atoms with Gasteiger partial charge in [0.05, 0.1) is 16.7 Å². The van der Waals surface area contributed by atoms with Gasteiger partial charge >= 0.3 is 0 Å². The topological polar surface area (TPSA) is 23.8 Å². The maximum Gasteiger partial charge on any atom is 0.159 e. The number of halogens is 3. The number of benzene rings is 2. The van der Waals surface area contributed by atoms with Gasteiger partial charge in [-0.25, -0.2) is 8.78 Å². The summed E-state index contributed by atoms with van der Waals surface area (Å²) >= 11 is 7.20. The first kappa shape index (κ1) is 12.9. The van der Waals surface area contributed by atoms with Crippen molar-refractivity contribution in [2.24, 2.45) is 0 Å². The van der Waals surface area contributed by atoms with Crippen molar-refractivity contribution in [2.45, 2.75) is 9.79 Å². The molecule has 0 aliphatic heterocycles. The molecular formula is C13H6ClF2NS. The molecule has 0 aromatic heterocycles. The van der Waals surface area contributed by atoms with Gasteiger partial charge in [0, 0.05) is 9.79 Å². The van der Waals surface area contributed by atoms with Crippen LogP contribution in [0.5, 0.6) is 0 Å². The van der Waals surface area contributed by atoms with Crippen LogP contribution in [0.4, 0.5) is 8.78 Å². The molecule has 18 heavy (non-hydrogen) atoms. The fourth-order valence-electron chi connectivity index (χ4n) is 1.32. The standard InChI is InChI=1S/C13H6ClF2NS/c14-10-5-8(7-17)1-4-13(10)18-9-2-3-11(15)12(16)6-9/h1-6H. The van der Waals surface area contributed by atoms with Gasteiger partial charge in [0.25, 0.3) is 0 Å². The molecule has 0 N–H and O–H groups in total. The van der Waals surface area contributed by atoms with Gasteiger partial charge in [-0.3, -0.25) is 0 Å². The van der Waals surface area contributed by atoms with Gasteiger partial charge in [-0.2, -0.15) is 5.26 Å². The summed E-state index contributed by atoms with van der Waals surface area (Å²) in [5, 5.41) is 9.11. The highest BCUT2D eigenvalue weighted by Gasteiger charge is 2.07. The summed E-state index contributed by atoms with van der Waals surface area (Å²) in [7, 11) is 0. The lowest BCUT2D eigenvalue weighted by molar-refractivity contribution is 0.506. The summed E-state index contributed by atoms with van der Waals surface area (Å²) in [5.74, 6) is -1.78. The Morgan fingerprint density at radius 3 is 2.44 bits per heavy atom. The summed E-state index contributed by atoms with van der Waals surface area (Å²) in [6, 6.07) is 10.4. The molecule has 0 atom stereocenters. The van der Waals surface area contributed by atoms with Gasteiger partial charge < -0.3 is 0 Å². The molecule has 2 aromatic rings. The summed E-state index contributed by atoms with van der Waals surface area (Å²) in [6.07, 6.45) is 0. The van der Waals surface area contributed by atoms with E-state index >= 15 is 0 Å². The third kappa shape index (κ3) is 2.81. The van der Waals surface area contributed by atoms with Crippen molar-refractivity contribution in [3.8, 4) is 6.07 Å². The third-order valence-corrected chi connectivity index (χ3v) is 3.67. The summed E-state index contributed by atoms with van der Waals surface area (Å²) in [6.45, 7) is 0. The highest BCUT2D eigenvalue weighted by molar-refractivity contribution is 7.99. The van der Waals surface area contributed by atoms with E-state index in [0.717, 1.165) is 12.1 Å². The largest absolute Gasteiger partial charge is 0.204 e. The Morgan fingerprint density at radius 2 is 1.83 bits per heavy atom. The average Bonchev–Trinajstić information content (AvgIpc) is 2.36. The van der Waals surface area contributed by atoms with Crippen molar-refractivity contribution in [1.29, 1.82) is 5.26 Å². The lowest BCUT2D eigenvalue weighted by Crippen LogP contribution is -1.84. The smallest absolute Gasteiger partial charge is 0.159 e. The van der Waals surface area contributed by atoms with Gasteiger partial charge in [-0.15, -0.1) is 0 Å². The van der Waals surface area contributed by atoms with E-state index in [1.165, 1.54) is 23.9 Å². The maximum atomic E-state index is 13.0. The molecule has 0 saturated heterocycles. The Labute approximate surface area is 112 Å². The van der Waals surface area contributed by atoms with Crippen LogP contribution in [0.2, 0.25) is 5.02 Å². The summed E-state index contributed by atoms with van der Waals surface area (Å²) in [5.41, 5.74) is 0.453. The Morgan fingerprint density at radius 1 is 1.06 bits per heavy atom. The molecule has 0 spiro atoms. The van der Waals surface area contributed by atoms with Gasteiger partial charge in [-0.1, -0.05) is 23.4 Å². The molecule has 0 heterocycles. The molecular weight excluding hydrogens is 276 g/mol. The number of hydrogen-bond donors (Lipinski definition) is 0. The van der Waals surface area contributed by atoms with E-state index in [0.29, 0.717) is 20.4 Å². The zero-order valence-electron chi connectivity index (χ0n) is 8.95. The highest BCUT2D eigenvalue weighted by Crippen LogP contribution is 2.34. The molecule has 0 radical (unpaired) electrons. The minimum atomic E-state index is -0.898. The van der Waals surface area contributed by atoms with E-state index in [-0.39, 0.29) is 0 Å². The lowest BCUT2D eigenvalue weighted by atomic mass is 10.2. The number of nitrogens with zero attached hydrogens (tertiary/aromatic N) is 1. The maximum absolute atomic E-state index is 13.0. The third-order valence-electron chi connectivity index (χ3n) is 2.18. The van der Waals surface area contributed by atoms with Crippen LogP contribution >= 0.6 is 23.4 Å². The second-order valence-corrected chi connectivity index (χ2v) is 4.96. The number of rotatable bonds is 2. The van der Waals surface area contributed by atoms with Crippen molar-refractivity contribution >= 4 is 23.4 Å². The predicted molar refractivity (Wildman–Crippen MR) is 66.6 cm³/mol. The van der Waals surface area contributed by atoms with Crippen molar-refractivity contribution in [1.82, 2.24) is 0 Å². The SMILES string of the molecule is N#Cc1ccc(Sc2ccc(F)c(F)c2)c(Cl)c1. The van der Waals surface area contributed by atoms with Crippen molar-refractivity contribution < 1.29 is 8.78 Å². The van der Waals surface area contributed by atoms with E-state index in [2.05, 4.69) is 0 Å². The summed E-state index contributed by atoms with van der Waals surface area (Å²) < 4.78 is 25.8. The van der Waals surface area contributed by atoms with Crippen molar-refractivity contribution in [2.75, 3.05) is 0 Å². The predicted octanol–water partition coefficient (Wildman–Crippen LogP) is 4.64. The zero-order chi connectivity index (χ0) is 13.1. The van der Waals surface area contributed by atoms with Gasteiger partial charge in [0.2, 0.25) is 0 Å². The molecule has 0 unspecified atom stereocenters. The van der Waals surface area contributed by atoms with Crippen LogP contribution in [0.1, 0.15) is 5.56 Å². The Balaban J connectivity index is 2.29. The molecule has 0 amide bonds. The van der Waals surface area contributed by atoms with Crippen molar-refractivity contribution in [3.05, 3.63) is 58.6 Å². The first-order valence-corrected chi connectivity index (χ1v) is 6.12. The molecule has 0 aliphatic carbocycles. The average molecular weight is 282 g/mol. The molecule has 1 nitrogen and oxygen atoms in total. The highest BCUT2D eigenvalue weighted by atomic mass is 35.5. The molecule has 0 bridgehead atoms. The molecule has 0 aliphatic rings. The second-order valence-electron chi connectivity index (χ2n) is 3.43. The van der Waals surface area contributed by atoms with E-state index in [4.69, 9.17) is 16.9 Å². The lowest BCUT2D eigenvalue weighted by Gasteiger charge is -2.04. The number of nitriles is 1. The van der Waals surface area contributed by atoms with E-state index in [1.54, 1.807) is 12.1 Å². The van der Waals surface area contributed by atoms with Gasteiger partial charge in [-0.05, 0) is 36.4 Å². The fraction of sp³-hybridized carbons (Fsp3) is 0. The van der Waals surface area contributed by atoms with Gasteiger partial charge in [0.15, 0.2) is 11.6 Å². The van der Waals surface area contributed by atoms with Crippen LogP contribution in [0.25, 0.3) is 0 Å². The first-order valence-electron chi connectivity index (χ1n) is 4.92.